The van der Waals surface area contributed by atoms with E-state index in [2.05, 4.69) is 0 Å². The molecule has 3 atom stereocenters. The molecule has 1 aliphatic heterocycles. The number of primary amides is 1. The summed E-state index contributed by atoms with van der Waals surface area (Å²) in [4.78, 5) is 61.8. The summed E-state index contributed by atoms with van der Waals surface area (Å²) in [6.45, 7) is 1.42. The molecule has 1 fully saturated rings. The molecule has 4 rings (SSSR count). The number of aliphatic hydroxyl groups is 2. The molecule has 1 aromatic carbocycles. The number of esters is 1. The highest BCUT2D eigenvalue weighted by molar-refractivity contribution is 6.34. The first-order valence-electron chi connectivity index (χ1n) is 8.95. The lowest BCUT2D eigenvalue weighted by atomic mass is 9.65. The largest absolute Gasteiger partial charge is 0.507 e. The number of carbonyl (C=O) groups excluding carboxylic acids is 5. The first-order chi connectivity index (χ1) is 14.4. The molecule has 2 bridgehead atoms. The summed E-state index contributed by atoms with van der Waals surface area (Å²) in [6.07, 6.45) is -0.545. The van der Waals surface area contributed by atoms with Gasteiger partial charge in [0.25, 0.3) is 5.91 Å². The molecule has 0 spiro atoms. The number of carbonyl (C=O) groups is 5. The number of halogens is 1. The van der Waals surface area contributed by atoms with E-state index in [1.54, 1.807) is 0 Å². The number of ketones is 3. The van der Waals surface area contributed by atoms with Crippen LogP contribution in [-0.2, 0) is 29.5 Å². The van der Waals surface area contributed by atoms with E-state index < -0.39 is 81.5 Å². The molecule has 2 aliphatic carbocycles. The molecule has 0 unspecified atom stereocenters. The summed E-state index contributed by atoms with van der Waals surface area (Å²) < 4.78 is 5.44. The van der Waals surface area contributed by atoms with Crippen molar-refractivity contribution in [3.05, 3.63) is 50.9 Å². The van der Waals surface area contributed by atoms with Crippen LogP contribution in [0.3, 0.4) is 0 Å². The maximum atomic E-state index is 13.0. The number of allylic oxidation sites excluding steroid dienone is 2. The number of rotatable bonds is 3. The molecule has 0 aromatic heterocycles. The van der Waals surface area contributed by atoms with Crippen molar-refractivity contribution in [3.63, 3.8) is 0 Å². The van der Waals surface area contributed by atoms with Crippen molar-refractivity contribution in [3.8, 4) is 5.75 Å². The van der Waals surface area contributed by atoms with Crippen molar-refractivity contribution in [2.24, 2.45) is 17.6 Å². The predicted molar refractivity (Wildman–Crippen MR) is 101 cm³/mol. The Balaban J connectivity index is 1.86. The topological polar surface area (TPSA) is 181 Å². The minimum absolute atomic E-state index is 0.0183. The normalized spacial score (nSPS) is 27.5. The van der Waals surface area contributed by atoms with Crippen molar-refractivity contribution in [1.82, 2.24) is 0 Å². The Hall–Kier alpha value is -3.66. The second kappa shape index (κ2) is 6.42. The smallest absolute Gasteiger partial charge is 0.318 e. The van der Waals surface area contributed by atoms with Gasteiger partial charge in [-0.1, -0.05) is 11.6 Å². The highest BCUT2D eigenvalue weighted by Crippen LogP contribution is 2.57. The van der Waals surface area contributed by atoms with Gasteiger partial charge in [0.2, 0.25) is 11.6 Å². The SMILES string of the molecule is C[C@@]12OC(=O)[C@@H](C(=O)c3c(O)ccc(Cl)c31)[C@@H]2CC1=C(O)C(=O)C(C(N)=O)=C(O)C1=O. The van der Waals surface area contributed by atoms with Crippen molar-refractivity contribution < 1.29 is 44.0 Å². The average Bonchev–Trinajstić information content (AvgIpc) is 2.89. The van der Waals surface area contributed by atoms with Gasteiger partial charge in [-0.3, -0.25) is 24.0 Å². The average molecular weight is 448 g/mol. The van der Waals surface area contributed by atoms with Crippen LogP contribution >= 0.6 is 11.6 Å². The number of ether oxygens (including phenoxy) is 1. The lowest BCUT2D eigenvalue weighted by Gasteiger charge is -2.37. The van der Waals surface area contributed by atoms with Crippen LogP contribution in [0, 0.1) is 11.8 Å². The lowest BCUT2D eigenvalue weighted by Crippen LogP contribution is -2.42. The number of aliphatic hydroxyl groups excluding tert-OH is 2. The Morgan fingerprint density at radius 3 is 2.39 bits per heavy atom. The zero-order chi connectivity index (χ0) is 23.0. The molecule has 1 heterocycles. The van der Waals surface area contributed by atoms with Crippen molar-refractivity contribution in [2.75, 3.05) is 0 Å². The second-order valence-corrected chi connectivity index (χ2v) is 7.98. The summed E-state index contributed by atoms with van der Waals surface area (Å²) in [7, 11) is 0. The Labute approximate surface area is 178 Å². The Bertz CT molecular complexity index is 1210. The van der Waals surface area contributed by atoms with Gasteiger partial charge in [0.15, 0.2) is 17.3 Å². The molecule has 160 valence electrons. The standard InChI is InChI=1S/C20H14ClNO9/c1-20-6(4-5-13(24)16(27)11(18(22)29)17(28)14(5)25)9(19(30)31-20)15(26)10-8(23)3-2-7(21)12(10)20/h2-3,6,9,23-24,28H,4H2,1H3,(H2,22,29)/t6-,9+,20-/m0/s1. The Kier molecular flexibility index (Phi) is 4.27. The summed E-state index contributed by atoms with van der Waals surface area (Å²) >= 11 is 6.24. The highest BCUT2D eigenvalue weighted by atomic mass is 35.5. The number of amides is 1. The van der Waals surface area contributed by atoms with Crippen LogP contribution in [0.15, 0.2) is 34.8 Å². The van der Waals surface area contributed by atoms with Gasteiger partial charge in [0, 0.05) is 22.1 Å². The first kappa shape index (κ1) is 20.6. The van der Waals surface area contributed by atoms with Crippen LogP contribution < -0.4 is 5.73 Å². The fourth-order valence-electron chi connectivity index (χ4n) is 4.49. The van der Waals surface area contributed by atoms with Gasteiger partial charge >= 0.3 is 5.97 Å². The van der Waals surface area contributed by atoms with Crippen LogP contribution in [0.2, 0.25) is 5.02 Å². The summed E-state index contributed by atoms with van der Waals surface area (Å²) in [5, 5.41) is 30.5. The minimum Gasteiger partial charge on any atom is -0.507 e. The van der Waals surface area contributed by atoms with E-state index in [4.69, 9.17) is 22.1 Å². The zero-order valence-corrected chi connectivity index (χ0v) is 16.5. The van der Waals surface area contributed by atoms with Crippen LogP contribution in [0.1, 0.15) is 29.3 Å². The van der Waals surface area contributed by atoms with E-state index in [0.717, 1.165) is 0 Å². The highest BCUT2D eigenvalue weighted by Gasteiger charge is 2.63. The van der Waals surface area contributed by atoms with Crippen molar-refractivity contribution in [1.29, 1.82) is 0 Å². The summed E-state index contributed by atoms with van der Waals surface area (Å²) in [5.41, 5.74) is 1.55. The molecular weight excluding hydrogens is 434 g/mol. The van der Waals surface area contributed by atoms with E-state index in [-0.39, 0.29) is 16.1 Å². The number of nitrogens with two attached hydrogens (primary N) is 1. The molecule has 3 aliphatic rings. The zero-order valence-electron chi connectivity index (χ0n) is 15.8. The van der Waals surface area contributed by atoms with E-state index in [0.29, 0.717) is 0 Å². The van der Waals surface area contributed by atoms with Gasteiger partial charge < -0.3 is 25.8 Å². The van der Waals surface area contributed by atoms with Gasteiger partial charge in [0.1, 0.15) is 22.8 Å². The molecule has 10 nitrogen and oxygen atoms in total. The minimum atomic E-state index is -1.60. The van der Waals surface area contributed by atoms with Crippen LogP contribution in [-0.4, -0.2) is 44.5 Å². The number of hydrogen-bond donors (Lipinski definition) is 4. The number of phenolic OH excluding ortho intramolecular Hbond substituents is 1. The van der Waals surface area contributed by atoms with Gasteiger partial charge in [-0.05, 0) is 25.5 Å². The number of hydrogen-bond acceptors (Lipinski definition) is 9. The first-order valence-corrected chi connectivity index (χ1v) is 9.33. The summed E-state index contributed by atoms with van der Waals surface area (Å²) in [5.74, 6) is -11.1. The van der Waals surface area contributed by atoms with Gasteiger partial charge in [-0.15, -0.1) is 0 Å². The molecule has 0 radical (unpaired) electrons. The van der Waals surface area contributed by atoms with Crippen molar-refractivity contribution in [2.45, 2.75) is 18.9 Å². The second-order valence-electron chi connectivity index (χ2n) is 7.57. The van der Waals surface area contributed by atoms with Gasteiger partial charge in [0.05, 0.1) is 5.56 Å². The van der Waals surface area contributed by atoms with Gasteiger partial charge in [-0.2, -0.15) is 0 Å². The van der Waals surface area contributed by atoms with E-state index in [1.807, 2.05) is 0 Å². The third kappa shape index (κ3) is 2.54. The number of benzene rings is 1. The number of fused-ring (bicyclic) bond motifs is 4. The maximum Gasteiger partial charge on any atom is 0.318 e. The molecule has 1 saturated heterocycles. The molecule has 11 heteroatoms. The maximum absolute atomic E-state index is 13.0. The molecule has 1 amide bonds. The quantitative estimate of drug-likeness (QED) is 0.226. The van der Waals surface area contributed by atoms with Crippen LogP contribution in [0.5, 0.6) is 5.75 Å². The fraction of sp³-hybridized carbons (Fsp3) is 0.250. The van der Waals surface area contributed by atoms with E-state index in [9.17, 15) is 39.3 Å². The van der Waals surface area contributed by atoms with Crippen LogP contribution in [0.4, 0.5) is 0 Å². The van der Waals surface area contributed by atoms with Crippen molar-refractivity contribution >= 4 is 40.8 Å². The number of phenols is 1. The van der Waals surface area contributed by atoms with E-state index >= 15 is 0 Å². The number of aromatic hydroxyl groups is 1. The predicted octanol–water partition coefficient (Wildman–Crippen LogP) is 0.898. The Morgan fingerprint density at radius 2 is 1.77 bits per heavy atom. The molecule has 31 heavy (non-hydrogen) atoms. The fourth-order valence-corrected chi connectivity index (χ4v) is 4.84. The molecular formula is C20H14ClNO9. The lowest BCUT2D eigenvalue weighted by molar-refractivity contribution is -0.149. The third-order valence-electron chi connectivity index (χ3n) is 5.96. The Morgan fingerprint density at radius 1 is 1.13 bits per heavy atom. The molecule has 1 aromatic rings. The third-order valence-corrected chi connectivity index (χ3v) is 6.27. The summed E-state index contributed by atoms with van der Waals surface area (Å²) in [6, 6.07) is 2.50. The van der Waals surface area contributed by atoms with E-state index in [1.165, 1.54) is 19.1 Å². The molecule has 5 N–H and O–H groups in total. The molecule has 0 saturated carbocycles. The van der Waals surface area contributed by atoms with Crippen LogP contribution in [0.25, 0.3) is 0 Å². The van der Waals surface area contributed by atoms with Gasteiger partial charge in [-0.25, -0.2) is 0 Å². The number of Topliss-reactive ketones (excluding diaryl/α,β-unsaturated/α-hetero) is 3. The monoisotopic (exact) mass is 447 g/mol.